The first-order chi connectivity index (χ1) is 9.60. The first-order valence-electron chi connectivity index (χ1n) is 6.18. The lowest BCUT2D eigenvalue weighted by Gasteiger charge is -2.05. The third-order valence-electron chi connectivity index (χ3n) is 2.70. The zero-order chi connectivity index (χ0) is 14.5. The van der Waals surface area contributed by atoms with Crippen LogP contribution in [0, 0.1) is 10.1 Å². The fourth-order valence-electron chi connectivity index (χ4n) is 1.70. The molecule has 0 spiro atoms. The summed E-state index contributed by atoms with van der Waals surface area (Å²) in [6.07, 6.45) is 4.44. The Morgan fingerprint density at radius 2 is 2.30 bits per heavy atom. The Labute approximate surface area is 121 Å². The van der Waals surface area contributed by atoms with Crippen molar-refractivity contribution >= 4 is 17.3 Å². The molecule has 0 saturated heterocycles. The molecule has 2 aromatic rings. The van der Waals surface area contributed by atoms with Gasteiger partial charge in [-0.05, 0) is 12.5 Å². The summed E-state index contributed by atoms with van der Waals surface area (Å²) < 4.78 is 7.36. The van der Waals surface area contributed by atoms with Crippen LogP contribution in [0.1, 0.15) is 18.9 Å². The van der Waals surface area contributed by atoms with E-state index < -0.39 is 4.92 Å². The van der Waals surface area contributed by atoms with E-state index in [0.717, 1.165) is 13.0 Å². The van der Waals surface area contributed by atoms with Crippen LogP contribution in [0.25, 0.3) is 0 Å². The number of ether oxygens (including phenoxy) is 1. The van der Waals surface area contributed by atoms with Gasteiger partial charge in [0, 0.05) is 24.2 Å². The molecule has 0 aliphatic heterocycles. The van der Waals surface area contributed by atoms with Crippen molar-refractivity contribution in [2.45, 2.75) is 26.5 Å². The lowest BCUT2D eigenvalue weighted by Crippen LogP contribution is -1.98. The average molecular weight is 296 g/mol. The lowest BCUT2D eigenvalue weighted by molar-refractivity contribution is -0.384. The fraction of sp³-hybridized carbons (Fsp3) is 0.308. The highest BCUT2D eigenvalue weighted by atomic mass is 35.5. The standard InChI is InChI=1S/C13H14ClN3O3/c1-2-5-16-8-12(7-15-16)20-9-10-3-4-11(17(18)19)6-13(10)14/h3-4,6-8H,2,5,9H2,1H3. The molecule has 0 saturated carbocycles. The van der Waals surface area contributed by atoms with E-state index in [0.29, 0.717) is 16.3 Å². The van der Waals surface area contributed by atoms with Crippen molar-refractivity contribution in [2.75, 3.05) is 0 Å². The molecule has 6 nitrogen and oxygen atoms in total. The van der Waals surface area contributed by atoms with E-state index in [9.17, 15) is 10.1 Å². The van der Waals surface area contributed by atoms with Gasteiger partial charge in [-0.15, -0.1) is 0 Å². The smallest absolute Gasteiger partial charge is 0.270 e. The topological polar surface area (TPSA) is 70.2 Å². The summed E-state index contributed by atoms with van der Waals surface area (Å²) in [6, 6.07) is 4.32. The normalized spacial score (nSPS) is 10.5. The maximum absolute atomic E-state index is 10.6. The van der Waals surface area contributed by atoms with Crippen LogP contribution in [0.3, 0.4) is 0 Å². The number of nitro groups is 1. The van der Waals surface area contributed by atoms with Crippen molar-refractivity contribution in [3.8, 4) is 5.75 Å². The van der Waals surface area contributed by atoms with Gasteiger partial charge in [0.15, 0.2) is 5.75 Å². The molecular formula is C13H14ClN3O3. The number of non-ortho nitro benzene ring substituents is 1. The molecule has 20 heavy (non-hydrogen) atoms. The Hall–Kier alpha value is -2.08. The van der Waals surface area contributed by atoms with E-state index in [1.54, 1.807) is 16.9 Å². The SMILES string of the molecule is CCCn1cc(OCc2ccc([N+](=O)[O-])cc2Cl)cn1. The van der Waals surface area contributed by atoms with E-state index in [1.165, 1.54) is 12.1 Å². The molecule has 0 fully saturated rings. The molecule has 0 radical (unpaired) electrons. The summed E-state index contributed by atoms with van der Waals surface area (Å²) in [6.45, 7) is 3.15. The van der Waals surface area contributed by atoms with Crippen molar-refractivity contribution in [1.29, 1.82) is 0 Å². The van der Waals surface area contributed by atoms with Crippen molar-refractivity contribution in [3.05, 3.63) is 51.3 Å². The Balaban J connectivity index is 2.01. The molecule has 0 amide bonds. The minimum absolute atomic E-state index is 0.0329. The zero-order valence-electron chi connectivity index (χ0n) is 11.0. The van der Waals surface area contributed by atoms with E-state index in [2.05, 4.69) is 12.0 Å². The van der Waals surface area contributed by atoms with Crippen LogP contribution in [0.15, 0.2) is 30.6 Å². The second-order valence-corrected chi connectivity index (χ2v) is 4.67. The predicted octanol–water partition coefficient (Wildman–Crippen LogP) is 3.43. The van der Waals surface area contributed by atoms with E-state index in [-0.39, 0.29) is 12.3 Å². The van der Waals surface area contributed by atoms with Gasteiger partial charge in [-0.3, -0.25) is 14.8 Å². The molecular weight excluding hydrogens is 282 g/mol. The molecule has 2 rings (SSSR count). The number of aryl methyl sites for hydroxylation is 1. The average Bonchev–Trinajstić information content (AvgIpc) is 2.85. The first-order valence-corrected chi connectivity index (χ1v) is 6.56. The maximum atomic E-state index is 10.6. The Morgan fingerprint density at radius 3 is 2.95 bits per heavy atom. The largest absolute Gasteiger partial charge is 0.486 e. The van der Waals surface area contributed by atoms with Crippen molar-refractivity contribution < 1.29 is 9.66 Å². The molecule has 0 bridgehead atoms. The molecule has 0 aliphatic rings. The number of nitrogens with zero attached hydrogens (tertiary/aromatic N) is 3. The van der Waals surface area contributed by atoms with Crippen molar-refractivity contribution in [2.24, 2.45) is 0 Å². The number of hydrogen-bond acceptors (Lipinski definition) is 4. The minimum Gasteiger partial charge on any atom is -0.486 e. The minimum atomic E-state index is -0.481. The van der Waals surface area contributed by atoms with Gasteiger partial charge < -0.3 is 4.74 Å². The quantitative estimate of drug-likeness (QED) is 0.604. The summed E-state index contributed by atoms with van der Waals surface area (Å²) >= 11 is 5.99. The van der Waals surface area contributed by atoms with E-state index >= 15 is 0 Å². The van der Waals surface area contributed by atoms with Gasteiger partial charge in [0.2, 0.25) is 0 Å². The second kappa shape index (κ2) is 6.38. The summed E-state index contributed by atoms with van der Waals surface area (Å²) in [5.41, 5.74) is 0.662. The molecule has 0 unspecified atom stereocenters. The lowest BCUT2D eigenvalue weighted by atomic mass is 10.2. The summed E-state index contributed by atoms with van der Waals surface area (Å²) in [5.74, 6) is 0.646. The van der Waals surface area contributed by atoms with Gasteiger partial charge in [0.1, 0.15) is 6.61 Å². The predicted molar refractivity (Wildman–Crippen MR) is 75.0 cm³/mol. The Bertz CT molecular complexity index is 613. The number of benzene rings is 1. The van der Waals surface area contributed by atoms with E-state index in [4.69, 9.17) is 16.3 Å². The van der Waals surface area contributed by atoms with Gasteiger partial charge in [-0.2, -0.15) is 5.10 Å². The molecule has 0 atom stereocenters. The molecule has 0 N–H and O–H groups in total. The zero-order valence-corrected chi connectivity index (χ0v) is 11.7. The number of nitro benzene ring substituents is 1. The molecule has 1 aromatic carbocycles. The van der Waals surface area contributed by atoms with Crippen LogP contribution in [-0.2, 0) is 13.2 Å². The van der Waals surface area contributed by atoms with Crippen LogP contribution in [0.2, 0.25) is 5.02 Å². The number of hydrogen-bond donors (Lipinski definition) is 0. The number of rotatable bonds is 6. The Morgan fingerprint density at radius 1 is 1.50 bits per heavy atom. The molecule has 1 heterocycles. The molecule has 0 aliphatic carbocycles. The van der Waals surface area contributed by atoms with Gasteiger partial charge in [-0.1, -0.05) is 18.5 Å². The second-order valence-electron chi connectivity index (χ2n) is 4.26. The third-order valence-corrected chi connectivity index (χ3v) is 3.06. The van der Waals surface area contributed by atoms with Crippen LogP contribution in [0.5, 0.6) is 5.75 Å². The highest BCUT2D eigenvalue weighted by Gasteiger charge is 2.10. The molecule has 106 valence electrons. The van der Waals surface area contributed by atoms with Gasteiger partial charge in [0.05, 0.1) is 22.3 Å². The van der Waals surface area contributed by atoms with Crippen LogP contribution in [0.4, 0.5) is 5.69 Å². The summed E-state index contributed by atoms with van der Waals surface area (Å²) in [7, 11) is 0. The number of aromatic nitrogens is 2. The third kappa shape index (κ3) is 3.48. The molecule has 7 heteroatoms. The maximum Gasteiger partial charge on any atom is 0.270 e. The van der Waals surface area contributed by atoms with Crippen molar-refractivity contribution in [1.82, 2.24) is 9.78 Å². The van der Waals surface area contributed by atoms with Crippen LogP contribution >= 0.6 is 11.6 Å². The molecule has 1 aromatic heterocycles. The fourth-order valence-corrected chi connectivity index (χ4v) is 1.93. The van der Waals surface area contributed by atoms with Crippen LogP contribution in [-0.4, -0.2) is 14.7 Å². The Kier molecular flexibility index (Phi) is 4.57. The first kappa shape index (κ1) is 14.3. The van der Waals surface area contributed by atoms with Gasteiger partial charge in [0.25, 0.3) is 5.69 Å². The highest BCUT2D eigenvalue weighted by molar-refractivity contribution is 6.31. The number of halogens is 1. The van der Waals surface area contributed by atoms with Crippen LogP contribution < -0.4 is 4.74 Å². The highest BCUT2D eigenvalue weighted by Crippen LogP contribution is 2.23. The van der Waals surface area contributed by atoms with Crippen molar-refractivity contribution in [3.63, 3.8) is 0 Å². The van der Waals surface area contributed by atoms with Gasteiger partial charge in [-0.25, -0.2) is 0 Å². The summed E-state index contributed by atoms with van der Waals surface area (Å²) in [5, 5.41) is 15.1. The van der Waals surface area contributed by atoms with Gasteiger partial charge >= 0.3 is 0 Å². The summed E-state index contributed by atoms with van der Waals surface area (Å²) in [4.78, 5) is 10.1. The monoisotopic (exact) mass is 295 g/mol. The van der Waals surface area contributed by atoms with E-state index in [1.807, 2.05) is 6.20 Å².